The second-order valence-corrected chi connectivity index (χ2v) is 8.33. The first-order chi connectivity index (χ1) is 14.8. The van der Waals surface area contributed by atoms with Gasteiger partial charge in [0.05, 0.1) is 24.0 Å². The Labute approximate surface area is 181 Å². The number of nitrogens with zero attached hydrogens (tertiary/aromatic N) is 2. The van der Waals surface area contributed by atoms with Crippen LogP contribution in [0.5, 0.6) is 0 Å². The molecule has 2 amide bonds. The molecule has 3 rings (SSSR count). The molecule has 0 bridgehead atoms. The molecule has 1 aliphatic rings. The second-order valence-electron chi connectivity index (χ2n) is 7.47. The normalized spacial score (nSPS) is 16.2. The average Bonchev–Trinajstić information content (AvgIpc) is 3.18. The van der Waals surface area contributed by atoms with Crippen molar-refractivity contribution in [3.05, 3.63) is 40.9 Å². The number of alkyl halides is 3. The maximum atomic E-state index is 13.1. The molecule has 11 heteroatoms. The molecule has 1 saturated heterocycles. The summed E-state index contributed by atoms with van der Waals surface area (Å²) in [4.78, 5) is 18.3. The molecule has 0 spiro atoms. The summed E-state index contributed by atoms with van der Waals surface area (Å²) in [6, 6.07) is 5.14. The molecule has 0 aliphatic carbocycles. The van der Waals surface area contributed by atoms with Gasteiger partial charge >= 0.3 is 12.2 Å². The number of anilines is 2. The summed E-state index contributed by atoms with van der Waals surface area (Å²) in [5.41, 5.74) is -0.0204. The van der Waals surface area contributed by atoms with Gasteiger partial charge in [0.1, 0.15) is 0 Å². The highest BCUT2D eigenvalue weighted by Crippen LogP contribution is 2.34. The SMILES string of the molecule is O=C(Nc1nc(CC(O)CO)cs1)N1CCC(CNc2ccccc2C(F)(F)F)CC1. The van der Waals surface area contributed by atoms with E-state index in [1.165, 1.54) is 23.5 Å². The molecule has 1 aliphatic heterocycles. The zero-order valence-corrected chi connectivity index (χ0v) is 17.5. The molecule has 1 aromatic carbocycles. The van der Waals surface area contributed by atoms with Crippen LogP contribution in [0.15, 0.2) is 29.6 Å². The number of halogens is 3. The minimum Gasteiger partial charge on any atom is -0.394 e. The fraction of sp³-hybridized carbons (Fsp3) is 0.500. The zero-order chi connectivity index (χ0) is 22.4. The van der Waals surface area contributed by atoms with Gasteiger partial charge in [0, 0.05) is 37.1 Å². The number of aliphatic hydroxyl groups excluding tert-OH is 2. The minimum atomic E-state index is -4.41. The van der Waals surface area contributed by atoms with E-state index in [1.807, 2.05) is 0 Å². The predicted octanol–water partition coefficient (Wildman–Crippen LogP) is 3.41. The third-order valence-electron chi connectivity index (χ3n) is 5.14. The third-order valence-corrected chi connectivity index (χ3v) is 5.94. The molecule has 0 saturated carbocycles. The Bertz CT molecular complexity index is 869. The maximum absolute atomic E-state index is 13.1. The van der Waals surface area contributed by atoms with Crippen molar-refractivity contribution < 1.29 is 28.2 Å². The molecule has 1 aromatic heterocycles. The molecule has 0 radical (unpaired) electrons. The number of hydrogen-bond acceptors (Lipinski definition) is 6. The van der Waals surface area contributed by atoms with Gasteiger partial charge in [0.15, 0.2) is 5.13 Å². The van der Waals surface area contributed by atoms with Gasteiger partial charge in [-0.25, -0.2) is 9.78 Å². The first-order valence-electron chi connectivity index (χ1n) is 9.95. The van der Waals surface area contributed by atoms with E-state index in [0.29, 0.717) is 43.3 Å². The average molecular weight is 459 g/mol. The molecule has 1 atom stereocenters. The standard InChI is InChI=1S/C20H25F3N4O3S/c21-20(22,23)16-3-1-2-4-17(16)24-10-13-5-7-27(8-6-13)19(30)26-18-25-14(12-31-18)9-15(29)11-28/h1-4,12-13,15,24,28-29H,5-11H2,(H,25,26,30). The number of carbonyl (C=O) groups excluding carboxylic acids is 1. The summed E-state index contributed by atoms with van der Waals surface area (Å²) in [6.45, 7) is 1.05. The maximum Gasteiger partial charge on any atom is 0.418 e. The number of amides is 2. The second kappa shape index (κ2) is 10.3. The van der Waals surface area contributed by atoms with Crippen molar-refractivity contribution in [2.24, 2.45) is 5.92 Å². The summed E-state index contributed by atoms with van der Waals surface area (Å²) in [6.07, 6.45) is -3.72. The Morgan fingerprint density at radius 3 is 2.68 bits per heavy atom. The van der Waals surface area contributed by atoms with Crippen LogP contribution < -0.4 is 10.6 Å². The number of benzene rings is 1. The van der Waals surface area contributed by atoms with Crippen LogP contribution in [-0.2, 0) is 12.6 Å². The van der Waals surface area contributed by atoms with Crippen LogP contribution in [-0.4, -0.2) is 58.5 Å². The van der Waals surface area contributed by atoms with Gasteiger partial charge in [0.2, 0.25) is 0 Å². The lowest BCUT2D eigenvalue weighted by molar-refractivity contribution is -0.137. The molecular weight excluding hydrogens is 433 g/mol. The minimum absolute atomic E-state index is 0.0704. The number of urea groups is 1. The topological polar surface area (TPSA) is 97.7 Å². The van der Waals surface area contributed by atoms with E-state index in [1.54, 1.807) is 16.3 Å². The summed E-state index contributed by atoms with van der Waals surface area (Å²) in [5, 5.41) is 26.1. The Morgan fingerprint density at radius 2 is 2.00 bits per heavy atom. The van der Waals surface area contributed by atoms with Gasteiger partial charge in [-0.2, -0.15) is 13.2 Å². The Kier molecular flexibility index (Phi) is 7.74. The quantitative estimate of drug-likeness (QED) is 0.510. The summed E-state index contributed by atoms with van der Waals surface area (Å²) < 4.78 is 39.3. The van der Waals surface area contributed by atoms with Crippen molar-refractivity contribution in [2.45, 2.75) is 31.5 Å². The van der Waals surface area contributed by atoms with Crippen LogP contribution in [0.25, 0.3) is 0 Å². The van der Waals surface area contributed by atoms with Crippen LogP contribution in [0.2, 0.25) is 0 Å². The van der Waals surface area contributed by atoms with Crippen molar-refractivity contribution in [1.29, 1.82) is 0 Å². The van der Waals surface area contributed by atoms with E-state index in [-0.39, 0.29) is 30.7 Å². The van der Waals surface area contributed by atoms with E-state index in [2.05, 4.69) is 15.6 Å². The van der Waals surface area contributed by atoms with E-state index in [9.17, 15) is 23.1 Å². The molecule has 7 nitrogen and oxygen atoms in total. The third kappa shape index (κ3) is 6.55. The number of likely N-dealkylation sites (tertiary alicyclic amines) is 1. The molecule has 4 N–H and O–H groups in total. The number of para-hydroxylation sites is 1. The predicted molar refractivity (Wildman–Crippen MR) is 112 cm³/mol. The molecule has 2 aromatic rings. The van der Waals surface area contributed by atoms with Crippen molar-refractivity contribution in [1.82, 2.24) is 9.88 Å². The van der Waals surface area contributed by atoms with Crippen molar-refractivity contribution in [3.63, 3.8) is 0 Å². The summed E-state index contributed by atoms with van der Waals surface area (Å²) >= 11 is 1.24. The van der Waals surface area contributed by atoms with E-state index in [4.69, 9.17) is 5.11 Å². The zero-order valence-electron chi connectivity index (χ0n) is 16.7. The largest absolute Gasteiger partial charge is 0.418 e. The van der Waals surface area contributed by atoms with Crippen molar-refractivity contribution in [2.75, 3.05) is 36.9 Å². The number of nitrogens with one attached hydrogen (secondary N) is 2. The first kappa shape index (κ1) is 23.3. The van der Waals surface area contributed by atoms with Crippen molar-refractivity contribution >= 4 is 28.2 Å². The van der Waals surface area contributed by atoms with Gasteiger partial charge < -0.3 is 20.4 Å². The monoisotopic (exact) mass is 458 g/mol. The smallest absolute Gasteiger partial charge is 0.394 e. The number of piperidine rings is 1. The highest BCUT2D eigenvalue weighted by molar-refractivity contribution is 7.13. The van der Waals surface area contributed by atoms with Gasteiger partial charge in [-0.3, -0.25) is 5.32 Å². The highest BCUT2D eigenvalue weighted by Gasteiger charge is 2.33. The van der Waals surface area contributed by atoms with Crippen molar-refractivity contribution in [3.8, 4) is 0 Å². The summed E-state index contributed by atoms with van der Waals surface area (Å²) in [5.74, 6) is 0.164. The van der Waals surface area contributed by atoms with Crippen LogP contribution in [0.3, 0.4) is 0 Å². The van der Waals surface area contributed by atoms with Crippen LogP contribution in [0, 0.1) is 5.92 Å². The molecule has 2 heterocycles. The fourth-order valence-corrected chi connectivity index (χ4v) is 4.13. The molecule has 1 fully saturated rings. The molecule has 1 unspecified atom stereocenters. The molecule has 170 valence electrons. The van der Waals surface area contributed by atoms with Gasteiger partial charge in [-0.1, -0.05) is 12.1 Å². The lowest BCUT2D eigenvalue weighted by atomic mass is 9.96. The summed E-state index contributed by atoms with van der Waals surface area (Å²) in [7, 11) is 0. The van der Waals surface area contributed by atoms with E-state index in [0.717, 1.165) is 6.07 Å². The van der Waals surface area contributed by atoms with Crippen LogP contribution in [0.4, 0.5) is 28.8 Å². The number of aromatic nitrogens is 1. The number of aliphatic hydroxyl groups is 2. The van der Waals surface area contributed by atoms with E-state index < -0.39 is 17.8 Å². The Balaban J connectivity index is 1.45. The van der Waals surface area contributed by atoms with Gasteiger partial charge in [0.25, 0.3) is 0 Å². The number of thiazole rings is 1. The van der Waals surface area contributed by atoms with Gasteiger partial charge in [-0.15, -0.1) is 11.3 Å². The van der Waals surface area contributed by atoms with Crippen LogP contribution in [0.1, 0.15) is 24.1 Å². The Hall–Kier alpha value is -2.37. The number of hydrogen-bond donors (Lipinski definition) is 4. The van der Waals surface area contributed by atoms with E-state index >= 15 is 0 Å². The number of rotatable bonds is 7. The Morgan fingerprint density at radius 1 is 1.29 bits per heavy atom. The lowest BCUT2D eigenvalue weighted by Gasteiger charge is -2.32. The highest BCUT2D eigenvalue weighted by atomic mass is 32.1. The number of carbonyl (C=O) groups is 1. The first-order valence-corrected chi connectivity index (χ1v) is 10.8. The van der Waals surface area contributed by atoms with Crippen LogP contribution >= 0.6 is 11.3 Å². The molecular formula is C20H25F3N4O3S. The van der Waals surface area contributed by atoms with Gasteiger partial charge in [-0.05, 0) is 30.9 Å². The fourth-order valence-electron chi connectivity index (χ4n) is 3.41. The lowest BCUT2D eigenvalue weighted by Crippen LogP contribution is -2.42. The molecule has 31 heavy (non-hydrogen) atoms.